The predicted octanol–water partition coefficient (Wildman–Crippen LogP) is 0.799. The van der Waals surface area contributed by atoms with Crippen LogP contribution < -0.4 is 11.1 Å². The standard InChI is InChI=1S/C11H22N2O2/c1-9(4-2-6-12)13-11(14)8-10-5-3-7-15-10/h9-10H,2-8,12H2,1H3,(H,13,14). The first-order valence-electron chi connectivity index (χ1n) is 5.83. The number of carbonyl (C=O) groups excluding carboxylic acids is 1. The molecule has 1 aliphatic rings. The first-order chi connectivity index (χ1) is 7.22. The zero-order valence-electron chi connectivity index (χ0n) is 9.50. The topological polar surface area (TPSA) is 64.3 Å². The van der Waals surface area contributed by atoms with Crippen molar-refractivity contribution in [3.8, 4) is 0 Å². The molecule has 1 amide bonds. The molecule has 4 heteroatoms. The van der Waals surface area contributed by atoms with E-state index in [-0.39, 0.29) is 18.1 Å². The Morgan fingerprint density at radius 1 is 1.67 bits per heavy atom. The highest BCUT2D eigenvalue weighted by atomic mass is 16.5. The summed E-state index contributed by atoms with van der Waals surface area (Å²) in [6.07, 6.45) is 4.67. The van der Waals surface area contributed by atoms with Gasteiger partial charge in [0.2, 0.25) is 5.91 Å². The first-order valence-corrected chi connectivity index (χ1v) is 5.83. The normalized spacial score (nSPS) is 22.7. The number of nitrogens with one attached hydrogen (secondary N) is 1. The molecule has 88 valence electrons. The molecule has 0 saturated carbocycles. The summed E-state index contributed by atoms with van der Waals surface area (Å²) in [6, 6.07) is 0.224. The Morgan fingerprint density at radius 2 is 2.47 bits per heavy atom. The van der Waals surface area contributed by atoms with Crippen molar-refractivity contribution in [3.05, 3.63) is 0 Å². The monoisotopic (exact) mass is 214 g/mol. The number of amides is 1. The lowest BCUT2D eigenvalue weighted by Gasteiger charge is -2.15. The molecule has 0 spiro atoms. The van der Waals surface area contributed by atoms with Gasteiger partial charge in [0, 0.05) is 12.6 Å². The molecule has 1 rings (SSSR count). The van der Waals surface area contributed by atoms with Crippen LogP contribution in [0.5, 0.6) is 0 Å². The van der Waals surface area contributed by atoms with Crippen LogP contribution in [-0.2, 0) is 9.53 Å². The third-order valence-corrected chi connectivity index (χ3v) is 2.69. The van der Waals surface area contributed by atoms with E-state index >= 15 is 0 Å². The lowest BCUT2D eigenvalue weighted by atomic mass is 10.1. The molecular weight excluding hydrogens is 192 g/mol. The van der Waals surface area contributed by atoms with Gasteiger partial charge in [0.05, 0.1) is 12.5 Å². The lowest BCUT2D eigenvalue weighted by Crippen LogP contribution is -2.34. The Balaban J connectivity index is 2.11. The molecular formula is C11H22N2O2. The van der Waals surface area contributed by atoms with Gasteiger partial charge in [0.25, 0.3) is 0 Å². The fraction of sp³-hybridized carbons (Fsp3) is 0.909. The summed E-state index contributed by atoms with van der Waals surface area (Å²) in [5.41, 5.74) is 5.41. The molecule has 1 aliphatic heterocycles. The van der Waals surface area contributed by atoms with E-state index in [2.05, 4.69) is 5.32 Å². The van der Waals surface area contributed by atoms with Gasteiger partial charge in [-0.1, -0.05) is 0 Å². The van der Waals surface area contributed by atoms with Crippen LogP contribution in [0.15, 0.2) is 0 Å². The van der Waals surface area contributed by atoms with Crippen LogP contribution in [0.4, 0.5) is 0 Å². The van der Waals surface area contributed by atoms with Crippen molar-refractivity contribution in [1.29, 1.82) is 0 Å². The minimum absolute atomic E-state index is 0.103. The highest BCUT2D eigenvalue weighted by Gasteiger charge is 2.19. The van der Waals surface area contributed by atoms with E-state index < -0.39 is 0 Å². The molecule has 1 heterocycles. The van der Waals surface area contributed by atoms with Crippen LogP contribution in [0.3, 0.4) is 0 Å². The highest BCUT2D eigenvalue weighted by Crippen LogP contribution is 2.15. The van der Waals surface area contributed by atoms with Crippen molar-refractivity contribution < 1.29 is 9.53 Å². The van der Waals surface area contributed by atoms with E-state index in [1.165, 1.54) is 0 Å². The summed E-state index contributed by atoms with van der Waals surface area (Å²) >= 11 is 0. The molecule has 0 aromatic carbocycles. The molecule has 2 atom stereocenters. The molecule has 2 unspecified atom stereocenters. The van der Waals surface area contributed by atoms with Gasteiger partial charge in [-0.25, -0.2) is 0 Å². The summed E-state index contributed by atoms with van der Waals surface area (Å²) in [5.74, 6) is 0.103. The number of hydrogen-bond donors (Lipinski definition) is 2. The van der Waals surface area contributed by atoms with Gasteiger partial charge in [0.15, 0.2) is 0 Å². The summed E-state index contributed by atoms with van der Waals surface area (Å²) in [7, 11) is 0. The smallest absolute Gasteiger partial charge is 0.222 e. The van der Waals surface area contributed by atoms with Gasteiger partial charge >= 0.3 is 0 Å². The van der Waals surface area contributed by atoms with Gasteiger partial charge in [-0.2, -0.15) is 0 Å². The van der Waals surface area contributed by atoms with Crippen LogP contribution in [0.1, 0.15) is 39.0 Å². The number of ether oxygens (including phenoxy) is 1. The van der Waals surface area contributed by atoms with Crippen LogP contribution in [0.25, 0.3) is 0 Å². The summed E-state index contributed by atoms with van der Waals surface area (Å²) in [6.45, 7) is 3.51. The second kappa shape index (κ2) is 6.80. The number of carbonyl (C=O) groups is 1. The lowest BCUT2D eigenvalue weighted by molar-refractivity contribution is -0.123. The quantitative estimate of drug-likeness (QED) is 0.687. The van der Waals surface area contributed by atoms with E-state index in [1.54, 1.807) is 0 Å². The number of nitrogens with two attached hydrogens (primary N) is 1. The third-order valence-electron chi connectivity index (χ3n) is 2.69. The molecule has 0 bridgehead atoms. The molecule has 0 aliphatic carbocycles. The van der Waals surface area contributed by atoms with Crippen LogP contribution in [0.2, 0.25) is 0 Å². The minimum atomic E-state index is 0.103. The summed E-state index contributed by atoms with van der Waals surface area (Å²) in [4.78, 5) is 11.6. The average Bonchev–Trinajstić information content (AvgIpc) is 2.67. The van der Waals surface area contributed by atoms with E-state index in [0.717, 1.165) is 32.3 Å². The fourth-order valence-electron chi connectivity index (χ4n) is 1.84. The van der Waals surface area contributed by atoms with Crippen LogP contribution >= 0.6 is 0 Å². The van der Waals surface area contributed by atoms with E-state index in [9.17, 15) is 4.79 Å². The van der Waals surface area contributed by atoms with Crippen molar-refractivity contribution in [2.24, 2.45) is 5.73 Å². The maximum absolute atomic E-state index is 11.6. The third kappa shape index (κ3) is 5.14. The Morgan fingerprint density at radius 3 is 3.07 bits per heavy atom. The van der Waals surface area contributed by atoms with Gasteiger partial charge in [-0.3, -0.25) is 4.79 Å². The largest absolute Gasteiger partial charge is 0.378 e. The molecule has 3 N–H and O–H groups in total. The molecule has 1 fully saturated rings. The second-order valence-corrected chi connectivity index (χ2v) is 4.24. The van der Waals surface area contributed by atoms with E-state index in [4.69, 9.17) is 10.5 Å². The maximum atomic E-state index is 11.6. The van der Waals surface area contributed by atoms with E-state index in [0.29, 0.717) is 13.0 Å². The SMILES string of the molecule is CC(CCCN)NC(=O)CC1CCCO1. The molecule has 0 radical (unpaired) electrons. The molecule has 0 aromatic heterocycles. The van der Waals surface area contributed by atoms with Crippen molar-refractivity contribution in [3.63, 3.8) is 0 Å². The van der Waals surface area contributed by atoms with Crippen LogP contribution in [0, 0.1) is 0 Å². The predicted molar refractivity (Wildman–Crippen MR) is 59.5 cm³/mol. The van der Waals surface area contributed by atoms with Crippen molar-refractivity contribution in [2.75, 3.05) is 13.2 Å². The zero-order valence-corrected chi connectivity index (χ0v) is 9.50. The zero-order chi connectivity index (χ0) is 11.1. The Bertz CT molecular complexity index is 191. The Kier molecular flexibility index (Phi) is 5.65. The summed E-state index contributed by atoms with van der Waals surface area (Å²) in [5, 5.41) is 2.97. The Labute approximate surface area is 91.5 Å². The summed E-state index contributed by atoms with van der Waals surface area (Å²) < 4.78 is 5.41. The molecule has 0 aromatic rings. The van der Waals surface area contributed by atoms with Crippen molar-refractivity contribution >= 4 is 5.91 Å². The van der Waals surface area contributed by atoms with Gasteiger partial charge in [0.1, 0.15) is 0 Å². The maximum Gasteiger partial charge on any atom is 0.222 e. The number of hydrogen-bond acceptors (Lipinski definition) is 3. The molecule has 1 saturated heterocycles. The Hall–Kier alpha value is -0.610. The van der Waals surface area contributed by atoms with Gasteiger partial charge in [-0.15, -0.1) is 0 Å². The first kappa shape index (κ1) is 12.5. The fourth-order valence-corrected chi connectivity index (χ4v) is 1.84. The van der Waals surface area contributed by atoms with Crippen molar-refractivity contribution in [1.82, 2.24) is 5.32 Å². The van der Waals surface area contributed by atoms with Crippen molar-refractivity contribution in [2.45, 2.75) is 51.2 Å². The number of rotatable bonds is 6. The average molecular weight is 214 g/mol. The van der Waals surface area contributed by atoms with Gasteiger partial charge in [-0.05, 0) is 39.2 Å². The second-order valence-electron chi connectivity index (χ2n) is 4.24. The molecule has 15 heavy (non-hydrogen) atoms. The minimum Gasteiger partial charge on any atom is -0.378 e. The van der Waals surface area contributed by atoms with Gasteiger partial charge < -0.3 is 15.8 Å². The van der Waals surface area contributed by atoms with Crippen LogP contribution in [-0.4, -0.2) is 31.2 Å². The molecule has 4 nitrogen and oxygen atoms in total. The highest BCUT2D eigenvalue weighted by molar-refractivity contribution is 5.76. The van der Waals surface area contributed by atoms with E-state index in [1.807, 2.05) is 6.92 Å².